The molecule has 0 atom stereocenters. The van der Waals surface area contributed by atoms with Crippen molar-refractivity contribution in [1.29, 1.82) is 0 Å². The number of rotatable bonds is 0. The Morgan fingerprint density at radius 1 is 1.58 bits per heavy atom. The van der Waals surface area contributed by atoms with Crippen LogP contribution < -0.4 is 0 Å². The highest BCUT2D eigenvalue weighted by Gasteiger charge is 2.20. The van der Waals surface area contributed by atoms with E-state index in [4.69, 9.17) is 0 Å². The second kappa shape index (κ2) is 2.49. The van der Waals surface area contributed by atoms with Gasteiger partial charge in [0.05, 0.1) is 16.1 Å². The van der Waals surface area contributed by atoms with E-state index in [1.807, 2.05) is 18.0 Å². The fourth-order valence-corrected chi connectivity index (χ4v) is 4.47. The van der Waals surface area contributed by atoms with Crippen molar-refractivity contribution in [3.05, 3.63) is 16.5 Å². The molecule has 0 N–H and O–H groups in total. The van der Waals surface area contributed by atoms with Crippen LogP contribution in [0.25, 0.3) is 4.96 Å². The number of thioether (sulfide) groups is 1. The normalized spacial score (nSPS) is 15.8. The lowest BCUT2D eigenvalue weighted by Crippen LogP contribution is -1.88. The molecule has 3 heterocycles. The molecule has 2 aromatic rings. The van der Waals surface area contributed by atoms with Gasteiger partial charge in [-0.15, -0.1) is 11.8 Å². The third kappa shape index (κ3) is 0.843. The fourth-order valence-electron chi connectivity index (χ4n) is 1.43. The molecule has 3 rings (SSSR count). The quantitative estimate of drug-likeness (QED) is 0.725. The van der Waals surface area contributed by atoms with Gasteiger partial charge in [-0.2, -0.15) is 0 Å². The lowest BCUT2D eigenvalue weighted by molar-refractivity contribution is 0.989. The van der Waals surface area contributed by atoms with Crippen LogP contribution in [0.3, 0.4) is 0 Å². The Bertz CT molecular complexity index is 445. The van der Waals surface area contributed by atoms with Gasteiger partial charge >= 0.3 is 0 Å². The standard InChI is InChI=1S/C7H5BrN2S2/c8-5-3-9-7-10(5)4-1-2-11-6(4)12-7/h3H,1-2H2. The first-order valence-electron chi connectivity index (χ1n) is 3.63. The molecule has 0 bridgehead atoms. The predicted octanol–water partition coefficient (Wildman–Crippen LogP) is 2.81. The first-order valence-corrected chi connectivity index (χ1v) is 6.23. The lowest BCUT2D eigenvalue weighted by Gasteiger charge is -1.91. The van der Waals surface area contributed by atoms with Crippen LogP contribution in [0.1, 0.15) is 5.69 Å². The molecule has 0 aliphatic carbocycles. The summed E-state index contributed by atoms with van der Waals surface area (Å²) < 4.78 is 4.73. The number of nitrogens with zero attached hydrogens (tertiary/aromatic N) is 2. The number of halogens is 1. The molecule has 0 spiro atoms. The minimum absolute atomic E-state index is 1.08. The average molecular weight is 261 g/mol. The molecule has 2 aromatic heterocycles. The summed E-state index contributed by atoms with van der Waals surface area (Å²) in [5.41, 5.74) is 1.43. The van der Waals surface area contributed by atoms with Gasteiger partial charge in [-0.05, 0) is 22.4 Å². The topological polar surface area (TPSA) is 17.3 Å². The van der Waals surface area contributed by atoms with E-state index < -0.39 is 0 Å². The van der Waals surface area contributed by atoms with E-state index in [9.17, 15) is 0 Å². The highest BCUT2D eigenvalue weighted by molar-refractivity contribution is 9.10. The lowest BCUT2D eigenvalue weighted by atomic mass is 10.4. The molecule has 0 radical (unpaired) electrons. The molecule has 2 nitrogen and oxygen atoms in total. The van der Waals surface area contributed by atoms with Gasteiger partial charge in [-0.25, -0.2) is 4.98 Å². The summed E-state index contributed by atoms with van der Waals surface area (Å²) in [4.78, 5) is 5.41. The van der Waals surface area contributed by atoms with Gasteiger partial charge in [0.1, 0.15) is 4.60 Å². The number of aromatic nitrogens is 2. The maximum absolute atomic E-state index is 4.30. The molecule has 0 unspecified atom stereocenters. The van der Waals surface area contributed by atoms with Crippen LogP contribution in [0.15, 0.2) is 15.0 Å². The Morgan fingerprint density at radius 2 is 2.50 bits per heavy atom. The predicted molar refractivity (Wildman–Crippen MR) is 55.2 cm³/mol. The van der Waals surface area contributed by atoms with Crippen molar-refractivity contribution in [3.63, 3.8) is 0 Å². The van der Waals surface area contributed by atoms with E-state index >= 15 is 0 Å². The van der Waals surface area contributed by atoms with E-state index in [-0.39, 0.29) is 0 Å². The number of aryl methyl sites for hydroxylation is 1. The molecule has 0 fully saturated rings. The molecule has 1 aliphatic rings. The van der Waals surface area contributed by atoms with Crippen molar-refractivity contribution in [2.75, 3.05) is 5.75 Å². The molecule has 12 heavy (non-hydrogen) atoms. The summed E-state index contributed by atoms with van der Waals surface area (Å²) in [6, 6.07) is 0. The number of thiazole rings is 1. The average Bonchev–Trinajstić information content (AvgIpc) is 2.61. The van der Waals surface area contributed by atoms with Crippen molar-refractivity contribution in [2.24, 2.45) is 0 Å². The van der Waals surface area contributed by atoms with Crippen LogP contribution in [-0.2, 0) is 6.42 Å². The molecule has 62 valence electrons. The third-order valence-electron chi connectivity index (χ3n) is 1.95. The number of hydrogen-bond acceptors (Lipinski definition) is 3. The first-order chi connectivity index (χ1) is 5.86. The highest BCUT2D eigenvalue weighted by Crippen LogP contribution is 2.39. The summed E-state index contributed by atoms with van der Waals surface area (Å²) in [7, 11) is 0. The Kier molecular flexibility index (Phi) is 1.54. The summed E-state index contributed by atoms with van der Waals surface area (Å²) >= 11 is 7.23. The van der Waals surface area contributed by atoms with Crippen LogP contribution in [0, 0.1) is 0 Å². The van der Waals surface area contributed by atoms with Gasteiger partial charge < -0.3 is 0 Å². The van der Waals surface area contributed by atoms with Gasteiger partial charge in [0, 0.05) is 5.75 Å². The maximum Gasteiger partial charge on any atom is 0.195 e. The van der Waals surface area contributed by atoms with Gasteiger partial charge in [0.15, 0.2) is 4.96 Å². The van der Waals surface area contributed by atoms with Crippen LogP contribution in [-0.4, -0.2) is 15.1 Å². The van der Waals surface area contributed by atoms with Crippen LogP contribution in [0.5, 0.6) is 0 Å². The largest absolute Gasteiger partial charge is 0.280 e. The van der Waals surface area contributed by atoms with E-state index in [1.165, 1.54) is 22.1 Å². The van der Waals surface area contributed by atoms with E-state index in [0.29, 0.717) is 0 Å². The third-order valence-corrected chi connectivity index (χ3v) is 4.91. The first kappa shape index (κ1) is 7.41. The number of imidazole rings is 1. The minimum Gasteiger partial charge on any atom is -0.280 e. The molecular weight excluding hydrogens is 256 g/mol. The van der Waals surface area contributed by atoms with E-state index in [1.54, 1.807) is 11.3 Å². The second-order valence-corrected chi connectivity index (χ2v) is 5.79. The summed E-state index contributed by atoms with van der Waals surface area (Å²) in [6.07, 6.45) is 3.05. The van der Waals surface area contributed by atoms with Crippen molar-refractivity contribution < 1.29 is 0 Å². The zero-order valence-corrected chi connectivity index (χ0v) is 9.30. The van der Waals surface area contributed by atoms with Crippen molar-refractivity contribution in [2.45, 2.75) is 10.6 Å². The molecular formula is C7H5BrN2S2. The van der Waals surface area contributed by atoms with Gasteiger partial charge in [-0.3, -0.25) is 4.40 Å². The van der Waals surface area contributed by atoms with Gasteiger partial charge in [0.2, 0.25) is 0 Å². The molecule has 0 aromatic carbocycles. The van der Waals surface area contributed by atoms with Crippen LogP contribution in [0.2, 0.25) is 0 Å². The van der Waals surface area contributed by atoms with Crippen molar-refractivity contribution in [3.8, 4) is 0 Å². The van der Waals surface area contributed by atoms with E-state index in [2.05, 4.69) is 25.3 Å². The smallest absolute Gasteiger partial charge is 0.195 e. The Hall–Kier alpha value is -0.000000000000000111. The van der Waals surface area contributed by atoms with Gasteiger partial charge in [0.25, 0.3) is 0 Å². The monoisotopic (exact) mass is 260 g/mol. The summed E-state index contributed by atoms with van der Waals surface area (Å²) in [5.74, 6) is 1.22. The summed E-state index contributed by atoms with van der Waals surface area (Å²) in [5, 5.41) is 0. The fraction of sp³-hybridized carbons (Fsp3) is 0.286. The Morgan fingerprint density at radius 3 is 3.42 bits per heavy atom. The van der Waals surface area contributed by atoms with Crippen LogP contribution >= 0.6 is 39.0 Å². The van der Waals surface area contributed by atoms with Crippen molar-refractivity contribution in [1.82, 2.24) is 9.38 Å². The highest BCUT2D eigenvalue weighted by atomic mass is 79.9. The second-order valence-electron chi connectivity index (χ2n) is 2.63. The van der Waals surface area contributed by atoms with Crippen LogP contribution in [0.4, 0.5) is 0 Å². The summed E-state index contributed by atoms with van der Waals surface area (Å²) in [6.45, 7) is 0. The zero-order valence-electron chi connectivity index (χ0n) is 6.08. The molecule has 0 amide bonds. The van der Waals surface area contributed by atoms with Gasteiger partial charge in [-0.1, -0.05) is 11.3 Å². The molecule has 0 saturated carbocycles. The maximum atomic E-state index is 4.30. The SMILES string of the molecule is Brc1cnc2sc3c(n12)CCS3. The van der Waals surface area contributed by atoms with E-state index in [0.717, 1.165) is 9.56 Å². The number of fused-ring (bicyclic) bond motifs is 3. The Balaban J connectivity index is 2.46. The minimum atomic E-state index is 1.08. The molecule has 5 heteroatoms. The molecule has 0 saturated heterocycles. The number of hydrogen-bond donors (Lipinski definition) is 0. The molecule has 1 aliphatic heterocycles. The Labute approximate surface area is 86.1 Å². The zero-order chi connectivity index (χ0) is 8.13. The van der Waals surface area contributed by atoms with Crippen molar-refractivity contribution >= 4 is 44.0 Å².